The Bertz CT molecular complexity index is 541. The quantitative estimate of drug-likeness (QED) is 0.545. The maximum Gasteiger partial charge on any atom is 0.293 e. The van der Waals surface area contributed by atoms with Crippen LogP contribution in [0.4, 0.5) is 11.4 Å². The predicted octanol–water partition coefficient (Wildman–Crippen LogP) is 1.53. The molecule has 0 saturated heterocycles. The molecule has 0 aromatic heterocycles. The third-order valence-corrected chi connectivity index (χ3v) is 3.59. The van der Waals surface area contributed by atoms with Gasteiger partial charge in [0.2, 0.25) is 0 Å². The third-order valence-electron chi connectivity index (χ3n) is 3.59. The zero-order valence-electron chi connectivity index (χ0n) is 11.8. The highest BCUT2D eigenvalue weighted by atomic mass is 16.6. The van der Waals surface area contributed by atoms with E-state index in [0.717, 1.165) is 12.8 Å². The van der Waals surface area contributed by atoms with E-state index in [1.165, 1.54) is 6.07 Å². The molecule has 0 heterocycles. The maximum atomic E-state index is 11.7. The van der Waals surface area contributed by atoms with E-state index in [1.807, 2.05) is 0 Å². The molecule has 1 fully saturated rings. The average Bonchev–Trinajstić information content (AvgIpc) is 2.42. The van der Waals surface area contributed by atoms with Gasteiger partial charge in [-0.3, -0.25) is 14.9 Å². The van der Waals surface area contributed by atoms with E-state index in [4.69, 9.17) is 0 Å². The second-order valence-corrected chi connectivity index (χ2v) is 5.22. The van der Waals surface area contributed by atoms with Crippen molar-refractivity contribution < 1.29 is 14.8 Å². The summed E-state index contributed by atoms with van der Waals surface area (Å²) in [5.74, 6) is 0.0111. The smallest absolute Gasteiger partial charge is 0.293 e. The molecule has 7 heteroatoms. The first-order valence-corrected chi connectivity index (χ1v) is 6.99. The van der Waals surface area contributed by atoms with Crippen molar-refractivity contribution in [3.05, 3.63) is 33.9 Å². The Morgan fingerprint density at radius 2 is 2.19 bits per heavy atom. The van der Waals surface area contributed by atoms with Gasteiger partial charge < -0.3 is 15.7 Å². The number of carbonyl (C=O) groups excluding carboxylic acids is 1. The number of nitrogens with zero attached hydrogens (tertiary/aromatic N) is 1. The number of nitro groups is 1. The van der Waals surface area contributed by atoms with Crippen molar-refractivity contribution in [2.45, 2.75) is 25.9 Å². The van der Waals surface area contributed by atoms with E-state index in [-0.39, 0.29) is 23.3 Å². The number of nitrogens with one attached hydrogen (secondary N) is 2. The van der Waals surface area contributed by atoms with Crippen LogP contribution in [0.15, 0.2) is 18.2 Å². The molecular formula is C14H19N3O4. The highest BCUT2D eigenvalue weighted by molar-refractivity contribution is 5.95. The Hall–Kier alpha value is -2.15. The van der Waals surface area contributed by atoms with Crippen LogP contribution in [0.25, 0.3) is 0 Å². The minimum atomic E-state index is -0.499. The monoisotopic (exact) mass is 293 g/mol. The molecule has 1 amide bonds. The van der Waals surface area contributed by atoms with Crippen molar-refractivity contribution in [2.24, 2.45) is 5.92 Å². The standard InChI is InChI=1S/C14H19N3O4/c1-2-15-14(19)10-3-4-12(13(7-10)17(20)21)16-8-9-5-11(18)6-9/h3-4,7,9,11,16,18H,2,5-6,8H2,1H3,(H,15,19). The summed E-state index contributed by atoms with van der Waals surface area (Å²) in [7, 11) is 0. The molecule has 3 N–H and O–H groups in total. The first kappa shape index (κ1) is 15.2. The average molecular weight is 293 g/mol. The Labute approximate surface area is 122 Å². The lowest BCUT2D eigenvalue weighted by atomic mass is 9.82. The number of hydrogen-bond donors (Lipinski definition) is 3. The van der Waals surface area contributed by atoms with E-state index in [9.17, 15) is 20.0 Å². The molecular weight excluding hydrogens is 274 g/mol. The summed E-state index contributed by atoms with van der Waals surface area (Å²) in [6.45, 7) is 2.84. The van der Waals surface area contributed by atoms with Gasteiger partial charge in [0.15, 0.2) is 0 Å². The van der Waals surface area contributed by atoms with Crippen LogP contribution in [0.3, 0.4) is 0 Å². The summed E-state index contributed by atoms with van der Waals surface area (Å²) in [6.07, 6.45) is 1.20. The molecule has 2 rings (SSSR count). The molecule has 7 nitrogen and oxygen atoms in total. The Morgan fingerprint density at radius 1 is 1.48 bits per heavy atom. The van der Waals surface area contributed by atoms with E-state index in [2.05, 4.69) is 10.6 Å². The molecule has 1 aliphatic carbocycles. The second kappa shape index (κ2) is 6.53. The van der Waals surface area contributed by atoms with Gasteiger partial charge in [-0.25, -0.2) is 0 Å². The minimum absolute atomic E-state index is 0.112. The number of aliphatic hydroxyl groups is 1. The van der Waals surface area contributed by atoms with Crippen LogP contribution in [0.1, 0.15) is 30.1 Å². The number of amides is 1. The molecule has 0 unspecified atom stereocenters. The number of aliphatic hydroxyl groups excluding tert-OH is 1. The number of benzene rings is 1. The van der Waals surface area contributed by atoms with Gasteiger partial charge in [0.1, 0.15) is 5.69 Å². The van der Waals surface area contributed by atoms with Crippen LogP contribution in [0.2, 0.25) is 0 Å². The molecule has 114 valence electrons. The number of rotatable bonds is 6. The number of carbonyl (C=O) groups is 1. The first-order chi connectivity index (χ1) is 10.0. The Morgan fingerprint density at radius 3 is 2.76 bits per heavy atom. The van der Waals surface area contributed by atoms with Gasteiger partial charge in [0.25, 0.3) is 11.6 Å². The van der Waals surface area contributed by atoms with Crippen molar-refractivity contribution in [3.63, 3.8) is 0 Å². The fourth-order valence-corrected chi connectivity index (χ4v) is 2.36. The minimum Gasteiger partial charge on any atom is -0.393 e. The van der Waals surface area contributed by atoms with E-state index in [1.54, 1.807) is 19.1 Å². The van der Waals surface area contributed by atoms with Crippen molar-refractivity contribution in [1.82, 2.24) is 5.32 Å². The van der Waals surface area contributed by atoms with E-state index in [0.29, 0.717) is 24.7 Å². The number of anilines is 1. The van der Waals surface area contributed by atoms with Crippen molar-refractivity contribution in [2.75, 3.05) is 18.4 Å². The van der Waals surface area contributed by atoms with Gasteiger partial charge in [-0.1, -0.05) is 0 Å². The van der Waals surface area contributed by atoms with Crippen LogP contribution < -0.4 is 10.6 Å². The molecule has 0 atom stereocenters. The lowest BCUT2D eigenvalue weighted by Gasteiger charge is -2.31. The second-order valence-electron chi connectivity index (χ2n) is 5.22. The van der Waals surface area contributed by atoms with Crippen LogP contribution >= 0.6 is 0 Å². The van der Waals surface area contributed by atoms with Crippen molar-refractivity contribution in [1.29, 1.82) is 0 Å². The molecule has 0 bridgehead atoms. The summed E-state index contributed by atoms with van der Waals surface area (Å²) in [5.41, 5.74) is 0.557. The van der Waals surface area contributed by atoms with Gasteiger partial charge in [-0.05, 0) is 37.8 Å². The Kier molecular flexibility index (Phi) is 4.74. The molecule has 21 heavy (non-hydrogen) atoms. The first-order valence-electron chi connectivity index (χ1n) is 6.99. The van der Waals surface area contributed by atoms with Crippen molar-refractivity contribution >= 4 is 17.3 Å². The summed E-state index contributed by atoms with van der Waals surface area (Å²) in [5, 5.41) is 26.0. The van der Waals surface area contributed by atoms with Crippen LogP contribution in [0.5, 0.6) is 0 Å². The zero-order chi connectivity index (χ0) is 15.4. The summed E-state index contributed by atoms with van der Waals surface area (Å²) in [6, 6.07) is 4.40. The highest BCUT2D eigenvalue weighted by Gasteiger charge is 2.27. The van der Waals surface area contributed by atoms with Gasteiger partial charge in [-0.15, -0.1) is 0 Å². The fourth-order valence-electron chi connectivity index (χ4n) is 2.36. The summed E-state index contributed by atoms with van der Waals surface area (Å²) < 4.78 is 0. The number of hydrogen-bond acceptors (Lipinski definition) is 5. The Balaban J connectivity index is 2.09. The molecule has 0 spiro atoms. The third kappa shape index (κ3) is 3.69. The number of nitro benzene ring substituents is 1. The van der Waals surface area contributed by atoms with E-state index >= 15 is 0 Å². The molecule has 0 radical (unpaired) electrons. The largest absolute Gasteiger partial charge is 0.393 e. The van der Waals surface area contributed by atoms with Gasteiger partial charge in [-0.2, -0.15) is 0 Å². The highest BCUT2D eigenvalue weighted by Crippen LogP contribution is 2.30. The fraction of sp³-hybridized carbons (Fsp3) is 0.500. The van der Waals surface area contributed by atoms with Crippen LogP contribution in [0, 0.1) is 16.0 Å². The SMILES string of the molecule is CCNC(=O)c1ccc(NCC2CC(O)C2)c([N+](=O)[O-])c1. The van der Waals surface area contributed by atoms with Crippen molar-refractivity contribution in [3.8, 4) is 0 Å². The van der Waals surface area contributed by atoms with Crippen LogP contribution in [-0.2, 0) is 0 Å². The van der Waals surface area contributed by atoms with Crippen LogP contribution in [-0.4, -0.2) is 35.1 Å². The molecule has 1 aromatic carbocycles. The maximum absolute atomic E-state index is 11.7. The van der Waals surface area contributed by atoms with Gasteiger partial charge in [0.05, 0.1) is 11.0 Å². The lowest BCUT2D eigenvalue weighted by Crippen LogP contribution is -2.33. The summed E-state index contributed by atoms with van der Waals surface area (Å²) >= 11 is 0. The van der Waals surface area contributed by atoms with Gasteiger partial charge >= 0.3 is 0 Å². The molecule has 1 aromatic rings. The summed E-state index contributed by atoms with van der Waals surface area (Å²) in [4.78, 5) is 22.3. The normalized spacial score (nSPS) is 20.5. The zero-order valence-corrected chi connectivity index (χ0v) is 11.8. The topological polar surface area (TPSA) is 104 Å². The predicted molar refractivity (Wildman–Crippen MR) is 78.3 cm³/mol. The molecule has 1 saturated carbocycles. The van der Waals surface area contributed by atoms with Gasteiger partial charge in [0, 0.05) is 24.7 Å². The molecule has 0 aliphatic heterocycles. The lowest BCUT2D eigenvalue weighted by molar-refractivity contribution is -0.384. The molecule has 1 aliphatic rings. The van der Waals surface area contributed by atoms with E-state index < -0.39 is 4.92 Å².